The fourth-order valence-electron chi connectivity index (χ4n) is 3.17. The van der Waals surface area contributed by atoms with Crippen LogP contribution in [0.5, 0.6) is 11.5 Å². The molecule has 0 fully saturated rings. The molecule has 3 aromatic rings. The molecule has 0 atom stereocenters. The highest BCUT2D eigenvalue weighted by molar-refractivity contribution is 7.23. The number of benzene rings is 1. The second-order valence-corrected chi connectivity index (χ2v) is 9.08. The van der Waals surface area contributed by atoms with Gasteiger partial charge >= 0.3 is 0 Å². The van der Waals surface area contributed by atoms with Gasteiger partial charge in [-0.1, -0.05) is 36.5 Å². The number of hydrogen-bond donors (Lipinski definition) is 1. The Labute approximate surface area is 159 Å². The smallest absolute Gasteiger partial charge is 0.190 e. The maximum atomic E-state index is 12.4. The minimum absolute atomic E-state index is 0.0294. The maximum absolute atomic E-state index is 12.4. The number of aromatic nitrogens is 2. The van der Waals surface area contributed by atoms with Crippen LogP contribution < -0.4 is 14.8 Å². The number of Topliss-reactive ketones (excluding diaryl/α,β-unsaturated/α-hetero) is 1. The van der Waals surface area contributed by atoms with Crippen LogP contribution in [-0.2, 0) is 6.42 Å². The average molecular weight is 390 g/mol. The van der Waals surface area contributed by atoms with Crippen molar-refractivity contribution >= 4 is 48.9 Å². The average Bonchev–Trinajstić information content (AvgIpc) is 3.15. The van der Waals surface area contributed by atoms with E-state index in [-0.39, 0.29) is 11.2 Å². The summed E-state index contributed by atoms with van der Waals surface area (Å²) < 4.78 is 11.7. The molecule has 0 spiro atoms. The standard InChI is InChI=1S/C18H19N3O3S2/c1-18(2)7-10-15(11(22)8-18)26-17(20-10)21-16-19-9-5-12(23-3)13(24-4)6-14(9)25-16/h5-6H,7-8H2,1-4H3,(H,19,20,21). The van der Waals surface area contributed by atoms with Gasteiger partial charge in [0.25, 0.3) is 0 Å². The highest BCUT2D eigenvalue weighted by atomic mass is 32.1. The molecule has 1 N–H and O–H groups in total. The number of ketones is 1. The van der Waals surface area contributed by atoms with Crippen molar-refractivity contribution in [2.24, 2.45) is 5.41 Å². The van der Waals surface area contributed by atoms with E-state index in [9.17, 15) is 4.79 Å². The zero-order valence-electron chi connectivity index (χ0n) is 15.0. The molecule has 1 aliphatic carbocycles. The number of hydrogen-bond acceptors (Lipinski definition) is 8. The van der Waals surface area contributed by atoms with E-state index >= 15 is 0 Å². The number of ether oxygens (including phenoxy) is 2. The third-order valence-corrected chi connectivity index (χ3v) is 6.33. The lowest BCUT2D eigenvalue weighted by molar-refractivity contribution is 0.0916. The Bertz CT molecular complexity index is 966. The summed E-state index contributed by atoms with van der Waals surface area (Å²) in [4.78, 5) is 22.4. The Morgan fingerprint density at radius 3 is 2.46 bits per heavy atom. The molecule has 1 aromatic carbocycles. The van der Waals surface area contributed by atoms with Crippen molar-refractivity contribution in [1.29, 1.82) is 0 Å². The number of nitrogens with one attached hydrogen (secondary N) is 1. The highest BCUT2D eigenvalue weighted by Crippen LogP contribution is 2.40. The largest absolute Gasteiger partial charge is 0.493 e. The SMILES string of the molecule is COc1cc2nc(Nc3nc4c(s3)C(=O)CC(C)(C)C4)sc2cc1OC. The number of thiazole rings is 2. The summed E-state index contributed by atoms with van der Waals surface area (Å²) in [5.74, 6) is 1.50. The molecular formula is C18H19N3O3S2. The Morgan fingerprint density at radius 1 is 1.04 bits per heavy atom. The van der Waals surface area contributed by atoms with Gasteiger partial charge < -0.3 is 14.8 Å². The van der Waals surface area contributed by atoms with E-state index in [0.717, 1.165) is 32.3 Å². The van der Waals surface area contributed by atoms with Gasteiger partial charge in [-0.3, -0.25) is 4.79 Å². The van der Waals surface area contributed by atoms with Gasteiger partial charge in [0.2, 0.25) is 0 Å². The summed E-state index contributed by atoms with van der Waals surface area (Å²) in [7, 11) is 3.22. The molecule has 0 saturated carbocycles. The number of methoxy groups -OCH3 is 2. The summed E-state index contributed by atoms with van der Waals surface area (Å²) >= 11 is 2.92. The van der Waals surface area contributed by atoms with Crippen molar-refractivity contribution in [3.63, 3.8) is 0 Å². The van der Waals surface area contributed by atoms with E-state index in [0.29, 0.717) is 23.1 Å². The second kappa shape index (κ2) is 6.21. The first-order valence-electron chi connectivity index (χ1n) is 8.21. The van der Waals surface area contributed by atoms with Gasteiger partial charge in [0, 0.05) is 18.6 Å². The molecule has 0 bridgehead atoms. The van der Waals surface area contributed by atoms with Gasteiger partial charge in [0.1, 0.15) is 0 Å². The van der Waals surface area contributed by atoms with Crippen LogP contribution >= 0.6 is 22.7 Å². The van der Waals surface area contributed by atoms with E-state index in [2.05, 4.69) is 29.1 Å². The number of rotatable bonds is 4. The summed E-state index contributed by atoms with van der Waals surface area (Å²) in [5, 5.41) is 4.69. The van der Waals surface area contributed by atoms with Crippen LogP contribution in [0.15, 0.2) is 12.1 Å². The van der Waals surface area contributed by atoms with Gasteiger partial charge in [0.05, 0.1) is 35.0 Å². The molecule has 26 heavy (non-hydrogen) atoms. The van der Waals surface area contributed by atoms with Crippen LogP contribution in [0.2, 0.25) is 0 Å². The fourth-order valence-corrected chi connectivity index (χ4v) is 5.03. The monoisotopic (exact) mass is 389 g/mol. The first-order chi connectivity index (χ1) is 12.4. The third kappa shape index (κ3) is 3.03. The maximum Gasteiger partial charge on any atom is 0.190 e. The minimum atomic E-state index is -0.0294. The number of anilines is 2. The van der Waals surface area contributed by atoms with Crippen molar-refractivity contribution in [3.8, 4) is 11.5 Å². The van der Waals surface area contributed by atoms with E-state index in [4.69, 9.17) is 9.47 Å². The Hall–Kier alpha value is -2.19. The molecule has 0 radical (unpaired) electrons. The highest BCUT2D eigenvalue weighted by Gasteiger charge is 2.34. The summed E-state index contributed by atoms with van der Waals surface area (Å²) in [6.07, 6.45) is 1.39. The van der Waals surface area contributed by atoms with Gasteiger partial charge in [-0.25, -0.2) is 9.97 Å². The number of fused-ring (bicyclic) bond motifs is 2. The van der Waals surface area contributed by atoms with Crippen LogP contribution in [0, 0.1) is 5.41 Å². The molecule has 1 aliphatic rings. The van der Waals surface area contributed by atoms with Gasteiger partial charge in [0.15, 0.2) is 27.5 Å². The lowest BCUT2D eigenvalue weighted by atomic mass is 9.78. The molecule has 136 valence electrons. The van der Waals surface area contributed by atoms with Crippen molar-refractivity contribution in [1.82, 2.24) is 9.97 Å². The third-order valence-electron chi connectivity index (χ3n) is 4.34. The molecule has 2 aromatic heterocycles. The summed E-state index contributed by atoms with van der Waals surface area (Å²) in [6.45, 7) is 4.21. The Morgan fingerprint density at radius 2 is 1.73 bits per heavy atom. The van der Waals surface area contributed by atoms with Gasteiger partial charge in [-0.2, -0.15) is 0 Å². The topological polar surface area (TPSA) is 73.3 Å². The van der Waals surface area contributed by atoms with Crippen molar-refractivity contribution in [2.45, 2.75) is 26.7 Å². The Kier molecular flexibility index (Phi) is 4.11. The number of carbonyl (C=O) groups is 1. The zero-order valence-corrected chi connectivity index (χ0v) is 16.6. The summed E-state index contributed by atoms with van der Waals surface area (Å²) in [5.41, 5.74) is 1.69. The predicted octanol–water partition coefficient (Wildman–Crippen LogP) is 4.67. The molecule has 0 saturated heterocycles. The number of nitrogens with zero attached hydrogens (tertiary/aromatic N) is 2. The zero-order chi connectivity index (χ0) is 18.5. The van der Waals surface area contributed by atoms with E-state index < -0.39 is 0 Å². The number of carbonyl (C=O) groups excluding carboxylic acids is 1. The Balaban J connectivity index is 1.65. The fraction of sp³-hybridized carbons (Fsp3) is 0.389. The van der Waals surface area contributed by atoms with Crippen molar-refractivity contribution < 1.29 is 14.3 Å². The first-order valence-corrected chi connectivity index (χ1v) is 9.84. The second-order valence-electron chi connectivity index (χ2n) is 7.05. The van der Waals surface area contributed by atoms with Crippen LogP contribution in [0.1, 0.15) is 35.6 Å². The normalized spacial score (nSPS) is 15.8. The van der Waals surface area contributed by atoms with Crippen LogP contribution in [0.3, 0.4) is 0 Å². The molecule has 0 unspecified atom stereocenters. The van der Waals surface area contributed by atoms with Crippen molar-refractivity contribution in [2.75, 3.05) is 19.5 Å². The molecule has 0 amide bonds. The molecule has 0 aliphatic heterocycles. The van der Waals surface area contributed by atoms with Gasteiger partial charge in [-0.05, 0) is 11.8 Å². The predicted molar refractivity (Wildman–Crippen MR) is 105 cm³/mol. The van der Waals surface area contributed by atoms with Crippen LogP contribution in [-0.4, -0.2) is 30.0 Å². The van der Waals surface area contributed by atoms with Crippen LogP contribution in [0.25, 0.3) is 10.2 Å². The molecule has 4 rings (SSSR count). The lowest BCUT2D eigenvalue weighted by Gasteiger charge is -2.26. The quantitative estimate of drug-likeness (QED) is 0.699. The molecule has 2 heterocycles. The van der Waals surface area contributed by atoms with E-state index in [1.54, 1.807) is 14.2 Å². The summed E-state index contributed by atoms with van der Waals surface area (Å²) in [6, 6.07) is 3.77. The molecule has 8 heteroatoms. The molecular weight excluding hydrogens is 370 g/mol. The minimum Gasteiger partial charge on any atom is -0.493 e. The molecule has 6 nitrogen and oxygen atoms in total. The van der Waals surface area contributed by atoms with Crippen LogP contribution in [0.4, 0.5) is 10.3 Å². The van der Waals surface area contributed by atoms with Gasteiger partial charge in [-0.15, -0.1) is 0 Å². The van der Waals surface area contributed by atoms with Crippen molar-refractivity contribution in [3.05, 3.63) is 22.7 Å². The lowest BCUT2D eigenvalue weighted by Crippen LogP contribution is -2.25. The van der Waals surface area contributed by atoms with E-state index in [1.165, 1.54) is 22.7 Å². The van der Waals surface area contributed by atoms with E-state index in [1.807, 2.05) is 12.1 Å². The first kappa shape index (κ1) is 17.2.